The zero-order valence-electron chi connectivity index (χ0n) is 10.0. The number of hydrogen-bond donors (Lipinski definition) is 3. The first-order valence-electron chi connectivity index (χ1n) is 5.33. The normalized spacial score (nSPS) is 10.8. The lowest BCUT2D eigenvalue weighted by Crippen LogP contribution is -2.20. The van der Waals surface area contributed by atoms with Crippen LogP contribution in [0.15, 0.2) is 39.0 Å². The number of nitrogens with zero attached hydrogens (tertiary/aromatic N) is 1. The molecule has 0 radical (unpaired) electrons. The number of aromatic amines is 2. The Balaban J connectivity index is 2.32. The number of aromatic hydroxyl groups is 1. The average Bonchev–Trinajstić information content (AvgIpc) is 2.39. The lowest BCUT2D eigenvalue weighted by atomic mass is 10.2. The van der Waals surface area contributed by atoms with Crippen LogP contribution in [0.3, 0.4) is 0 Å². The van der Waals surface area contributed by atoms with E-state index in [0.29, 0.717) is 11.3 Å². The summed E-state index contributed by atoms with van der Waals surface area (Å²) in [5, 5.41) is 9.43. The SMILES string of the molecule is COc1cc(C=Nc2c[nH]c(=O)[nH]c2=O)ccc1O. The van der Waals surface area contributed by atoms with Crippen LogP contribution in [0.2, 0.25) is 0 Å². The van der Waals surface area contributed by atoms with E-state index in [4.69, 9.17) is 4.74 Å². The van der Waals surface area contributed by atoms with Crippen molar-refractivity contribution in [1.29, 1.82) is 0 Å². The molecule has 98 valence electrons. The van der Waals surface area contributed by atoms with Gasteiger partial charge in [0.05, 0.1) is 7.11 Å². The van der Waals surface area contributed by atoms with Gasteiger partial charge in [-0.2, -0.15) is 0 Å². The molecular formula is C12H11N3O4. The molecule has 2 aromatic rings. The van der Waals surface area contributed by atoms with Crippen LogP contribution in [0.1, 0.15) is 5.56 Å². The second-order valence-corrected chi connectivity index (χ2v) is 3.65. The van der Waals surface area contributed by atoms with Gasteiger partial charge < -0.3 is 14.8 Å². The minimum absolute atomic E-state index is 0.0153. The number of hydrogen-bond acceptors (Lipinski definition) is 5. The van der Waals surface area contributed by atoms with Gasteiger partial charge in [0, 0.05) is 12.4 Å². The summed E-state index contributed by atoms with van der Waals surface area (Å²) in [4.78, 5) is 30.5. The molecule has 1 heterocycles. The standard InChI is InChI=1S/C12H11N3O4/c1-19-10-4-7(2-3-9(10)16)5-13-8-6-14-12(18)15-11(8)17/h2-6,16H,1H3,(H2,14,15,17,18). The number of aromatic nitrogens is 2. The molecule has 19 heavy (non-hydrogen) atoms. The Morgan fingerprint density at radius 3 is 2.84 bits per heavy atom. The molecule has 0 unspecified atom stereocenters. The molecule has 1 aromatic heterocycles. The molecule has 0 spiro atoms. The lowest BCUT2D eigenvalue weighted by molar-refractivity contribution is 0.373. The maximum absolute atomic E-state index is 11.4. The number of phenolic OH excluding ortho intramolecular Hbond substituents is 1. The van der Waals surface area contributed by atoms with Crippen LogP contribution in [0, 0.1) is 0 Å². The first-order chi connectivity index (χ1) is 9.10. The molecule has 3 N–H and O–H groups in total. The number of H-pyrrole nitrogens is 2. The molecule has 2 rings (SSSR count). The molecule has 0 bridgehead atoms. The van der Waals surface area contributed by atoms with Crippen LogP contribution in [0.25, 0.3) is 0 Å². The Labute approximate surface area is 107 Å². The summed E-state index contributed by atoms with van der Waals surface area (Å²) < 4.78 is 4.95. The number of rotatable bonds is 3. The van der Waals surface area contributed by atoms with E-state index >= 15 is 0 Å². The first-order valence-corrected chi connectivity index (χ1v) is 5.33. The zero-order chi connectivity index (χ0) is 13.8. The van der Waals surface area contributed by atoms with Gasteiger partial charge in [0.25, 0.3) is 5.56 Å². The van der Waals surface area contributed by atoms with Crippen molar-refractivity contribution in [3.05, 3.63) is 50.8 Å². The molecule has 1 aromatic carbocycles. The minimum atomic E-state index is -0.588. The van der Waals surface area contributed by atoms with Crippen molar-refractivity contribution in [3.63, 3.8) is 0 Å². The highest BCUT2D eigenvalue weighted by Crippen LogP contribution is 2.25. The summed E-state index contributed by atoms with van der Waals surface area (Å²) in [5.41, 5.74) is -0.451. The monoisotopic (exact) mass is 261 g/mol. The highest BCUT2D eigenvalue weighted by Gasteiger charge is 2.01. The Morgan fingerprint density at radius 1 is 1.37 bits per heavy atom. The maximum Gasteiger partial charge on any atom is 0.325 e. The van der Waals surface area contributed by atoms with Crippen molar-refractivity contribution >= 4 is 11.9 Å². The Kier molecular flexibility index (Phi) is 3.46. The molecule has 0 saturated carbocycles. The van der Waals surface area contributed by atoms with Crippen molar-refractivity contribution in [2.45, 2.75) is 0 Å². The fourth-order valence-electron chi connectivity index (χ4n) is 1.42. The summed E-state index contributed by atoms with van der Waals surface area (Å²) in [6.07, 6.45) is 2.64. The number of benzene rings is 1. The van der Waals surface area contributed by atoms with Gasteiger partial charge in [-0.15, -0.1) is 0 Å². The summed E-state index contributed by atoms with van der Waals surface area (Å²) >= 11 is 0. The fourth-order valence-corrected chi connectivity index (χ4v) is 1.42. The minimum Gasteiger partial charge on any atom is -0.504 e. The zero-order valence-corrected chi connectivity index (χ0v) is 10.0. The van der Waals surface area contributed by atoms with Crippen molar-refractivity contribution < 1.29 is 9.84 Å². The van der Waals surface area contributed by atoms with Gasteiger partial charge >= 0.3 is 5.69 Å². The molecule has 0 aliphatic heterocycles. The maximum atomic E-state index is 11.4. The lowest BCUT2D eigenvalue weighted by Gasteiger charge is -2.03. The molecule has 0 fully saturated rings. The van der Waals surface area contributed by atoms with Crippen LogP contribution in [0.5, 0.6) is 11.5 Å². The number of methoxy groups -OCH3 is 1. The summed E-state index contributed by atoms with van der Waals surface area (Å²) in [5.74, 6) is 0.320. The van der Waals surface area contributed by atoms with Gasteiger partial charge in [0.1, 0.15) is 5.69 Å². The molecule has 7 nitrogen and oxygen atoms in total. The Hall–Kier alpha value is -2.83. The van der Waals surface area contributed by atoms with Crippen molar-refractivity contribution in [2.24, 2.45) is 4.99 Å². The van der Waals surface area contributed by atoms with E-state index in [0.717, 1.165) is 0 Å². The van der Waals surface area contributed by atoms with E-state index < -0.39 is 11.2 Å². The fraction of sp³-hybridized carbons (Fsp3) is 0.0833. The first kappa shape index (κ1) is 12.6. The largest absolute Gasteiger partial charge is 0.504 e. The van der Waals surface area contributed by atoms with Gasteiger partial charge in [-0.3, -0.25) is 9.78 Å². The van der Waals surface area contributed by atoms with Crippen LogP contribution < -0.4 is 16.0 Å². The Morgan fingerprint density at radius 2 is 2.16 bits per heavy atom. The van der Waals surface area contributed by atoms with Crippen molar-refractivity contribution in [1.82, 2.24) is 9.97 Å². The van der Waals surface area contributed by atoms with Gasteiger partial charge in [0.2, 0.25) is 0 Å². The molecule has 0 amide bonds. The van der Waals surface area contributed by atoms with Crippen LogP contribution in [-0.2, 0) is 0 Å². The van der Waals surface area contributed by atoms with Gasteiger partial charge in [-0.1, -0.05) is 0 Å². The van der Waals surface area contributed by atoms with E-state index in [-0.39, 0.29) is 11.4 Å². The average molecular weight is 261 g/mol. The van der Waals surface area contributed by atoms with Crippen LogP contribution in [0.4, 0.5) is 5.69 Å². The van der Waals surface area contributed by atoms with Gasteiger partial charge in [-0.05, 0) is 23.8 Å². The van der Waals surface area contributed by atoms with E-state index in [2.05, 4.69) is 15.0 Å². The smallest absolute Gasteiger partial charge is 0.325 e. The van der Waals surface area contributed by atoms with E-state index in [1.54, 1.807) is 12.1 Å². The van der Waals surface area contributed by atoms with Crippen molar-refractivity contribution in [2.75, 3.05) is 7.11 Å². The second-order valence-electron chi connectivity index (χ2n) is 3.65. The van der Waals surface area contributed by atoms with Crippen LogP contribution >= 0.6 is 0 Å². The third-order valence-corrected chi connectivity index (χ3v) is 2.36. The molecule has 0 aliphatic rings. The summed E-state index contributed by atoms with van der Waals surface area (Å²) in [7, 11) is 1.43. The predicted molar refractivity (Wildman–Crippen MR) is 69.6 cm³/mol. The molecule has 0 saturated heterocycles. The van der Waals surface area contributed by atoms with E-state index in [1.165, 1.54) is 25.6 Å². The molecular weight excluding hydrogens is 250 g/mol. The molecule has 0 aliphatic carbocycles. The van der Waals surface area contributed by atoms with E-state index in [9.17, 15) is 14.7 Å². The molecule has 7 heteroatoms. The summed E-state index contributed by atoms with van der Waals surface area (Å²) in [6.45, 7) is 0. The third kappa shape index (κ3) is 2.89. The summed E-state index contributed by atoms with van der Waals surface area (Å²) in [6, 6.07) is 4.64. The number of phenols is 1. The number of ether oxygens (including phenoxy) is 1. The van der Waals surface area contributed by atoms with Crippen molar-refractivity contribution in [3.8, 4) is 11.5 Å². The topological polar surface area (TPSA) is 108 Å². The third-order valence-electron chi connectivity index (χ3n) is 2.36. The Bertz CT molecular complexity index is 730. The van der Waals surface area contributed by atoms with Gasteiger partial charge in [-0.25, -0.2) is 9.79 Å². The molecule has 0 atom stereocenters. The van der Waals surface area contributed by atoms with Gasteiger partial charge in [0.15, 0.2) is 11.5 Å². The van der Waals surface area contributed by atoms with E-state index in [1.807, 2.05) is 0 Å². The van der Waals surface area contributed by atoms with Crippen LogP contribution in [-0.4, -0.2) is 28.4 Å². The quantitative estimate of drug-likeness (QED) is 0.700. The number of nitrogens with one attached hydrogen (secondary N) is 2. The predicted octanol–water partition coefficient (Wildman–Crippen LogP) is 0.528. The highest BCUT2D eigenvalue weighted by molar-refractivity contribution is 5.82. The highest BCUT2D eigenvalue weighted by atomic mass is 16.5. The second kappa shape index (κ2) is 5.21. The number of aliphatic imine (C=N–C) groups is 1.